The lowest BCUT2D eigenvalue weighted by atomic mass is 10.1. The first-order chi connectivity index (χ1) is 14.1. The average molecular weight is 470 g/mol. The second kappa shape index (κ2) is 10.7. The highest BCUT2D eigenvalue weighted by molar-refractivity contribution is 6.43. The van der Waals surface area contributed by atoms with Crippen LogP contribution < -0.4 is 9.64 Å². The topological polar surface area (TPSA) is 32.8 Å². The number of ether oxygens (including phenoxy) is 1. The number of nitrogens with zero attached hydrogens (tertiary/aromatic N) is 2. The zero-order valence-electron chi connectivity index (χ0n) is 16.9. The van der Waals surface area contributed by atoms with Crippen molar-refractivity contribution >= 4 is 47.1 Å². The minimum atomic E-state index is 0. The molecular weight excluding hydrogens is 443 g/mol. The van der Waals surface area contributed by atoms with Crippen molar-refractivity contribution in [1.29, 1.82) is 0 Å². The number of carbonyl (C=O) groups is 1. The van der Waals surface area contributed by atoms with Crippen LogP contribution in [0.15, 0.2) is 36.4 Å². The van der Waals surface area contributed by atoms with Gasteiger partial charge < -0.3 is 9.64 Å². The number of hydrogen-bond acceptors (Lipinski definition) is 4. The van der Waals surface area contributed by atoms with E-state index in [1.165, 1.54) is 0 Å². The van der Waals surface area contributed by atoms with Crippen LogP contribution in [0, 0.1) is 0 Å². The van der Waals surface area contributed by atoms with Gasteiger partial charge in [-0.15, -0.1) is 12.4 Å². The minimum absolute atomic E-state index is 0. The lowest BCUT2D eigenvalue weighted by molar-refractivity contribution is 0.0994. The molecular formula is C23H27Cl3N2O2. The Kier molecular flexibility index (Phi) is 8.29. The van der Waals surface area contributed by atoms with E-state index in [-0.39, 0.29) is 18.2 Å². The van der Waals surface area contributed by atoms with Gasteiger partial charge in [0.1, 0.15) is 5.75 Å². The number of piperazine rings is 1. The largest absolute Gasteiger partial charge is 0.494 e. The standard InChI is InChI=1S/C23H26Cl2N2O2.ClH/c24-20-4-3-5-21(23(20)25)27-13-11-26(12-14-27)10-1-2-15-29-18-8-6-17-7-9-22(28)19(17)16-18;/h3-6,8,16H,1-2,7,9-15H2;1H. The minimum Gasteiger partial charge on any atom is -0.494 e. The summed E-state index contributed by atoms with van der Waals surface area (Å²) in [5, 5.41) is 1.26. The molecule has 4 nitrogen and oxygen atoms in total. The third-order valence-electron chi connectivity index (χ3n) is 5.78. The number of benzene rings is 2. The van der Waals surface area contributed by atoms with Gasteiger partial charge in [0.05, 0.1) is 22.3 Å². The zero-order chi connectivity index (χ0) is 20.2. The van der Waals surface area contributed by atoms with Crippen LogP contribution in [0.4, 0.5) is 5.69 Å². The molecule has 1 aliphatic carbocycles. The summed E-state index contributed by atoms with van der Waals surface area (Å²) in [5.41, 5.74) is 3.03. The molecule has 1 saturated heterocycles. The Morgan fingerprint density at radius 2 is 1.77 bits per heavy atom. The number of carbonyl (C=O) groups excluding carboxylic acids is 1. The molecule has 2 aliphatic rings. The van der Waals surface area contributed by atoms with E-state index in [4.69, 9.17) is 27.9 Å². The van der Waals surface area contributed by atoms with Crippen LogP contribution in [0.3, 0.4) is 0 Å². The molecule has 4 rings (SSSR count). The molecule has 1 fully saturated rings. The molecule has 0 N–H and O–H groups in total. The zero-order valence-corrected chi connectivity index (χ0v) is 19.2. The van der Waals surface area contributed by atoms with Gasteiger partial charge in [-0.05, 0) is 55.6 Å². The summed E-state index contributed by atoms with van der Waals surface area (Å²) >= 11 is 12.5. The monoisotopic (exact) mass is 468 g/mol. The maximum Gasteiger partial charge on any atom is 0.163 e. The fourth-order valence-electron chi connectivity index (χ4n) is 4.08. The Bertz CT molecular complexity index is 883. The number of unbranched alkanes of at least 4 members (excludes halogenated alkanes) is 1. The molecule has 162 valence electrons. The fraction of sp³-hybridized carbons (Fsp3) is 0.435. The van der Waals surface area contributed by atoms with E-state index in [1.54, 1.807) is 0 Å². The van der Waals surface area contributed by atoms with Gasteiger partial charge in [-0.2, -0.15) is 0 Å². The van der Waals surface area contributed by atoms with Crippen molar-refractivity contribution in [2.24, 2.45) is 0 Å². The van der Waals surface area contributed by atoms with Gasteiger partial charge in [-0.1, -0.05) is 35.3 Å². The molecule has 0 spiro atoms. The van der Waals surface area contributed by atoms with E-state index in [2.05, 4.69) is 9.80 Å². The van der Waals surface area contributed by atoms with Gasteiger partial charge in [-0.25, -0.2) is 0 Å². The van der Waals surface area contributed by atoms with Gasteiger partial charge in [-0.3, -0.25) is 9.69 Å². The molecule has 1 aliphatic heterocycles. The van der Waals surface area contributed by atoms with Crippen LogP contribution in [0.2, 0.25) is 10.0 Å². The molecule has 2 aromatic rings. The molecule has 7 heteroatoms. The Morgan fingerprint density at radius 1 is 0.967 bits per heavy atom. The highest BCUT2D eigenvalue weighted by Crippen LogP contribution is 2.33. The first kappa shape index (κ1) is 23.2. The summed E-state index contributed by atoms with van der Waals surface area (Å²) in [6.07, 6.45) is 3.61. The molecule has 0 radical (unpaired) electrons. The van der Waals surface area contributed by atoms with Gasteiger partial charge in [0, 0.05) is 38.2 Å². The molecule has 0 atom stereocenters. The molecule has 2 aromatic carbocycles. The third-order valence-corrected chi connectivity index (χ3v) is 6.59. The van der Waals surface area contributed by atoms with Gasteiger partial charge in [0.25, 0.3) is 0 Å². The van der Waals surface area contributed by atoms with Crippen LogP contribution in [0.5, 0.6) is 5.75 Å². The first-order valence-corrected chi connectivity index (χ1v) is 11.1. The van der Waals surface area contributed by atoms with Gasteiger partial charge >= 0.3 is 0 Å². The molecule has 30 heavy (non-hydrogen) atoms. The van der Waals surface area contributed by atoms with Crippen molar-refractivity contribution in [3.8, 4) is 5.75 Å². The maximum absolute atomic E-state index is 11.8. The van der Waals surface area contributed by atoms with Gasteiger partial charge in [0.15, 0.2) is 5.78 Å². The summed E-state index contributed by atoms with van der Waals surface area (Å²) in [5.74, 6) is 1.05. The smallest absolute Gasteiger partial charge is 0.163 e. The third kappa shape index (κ3) is 5.42. The predicted molar refractivity (Wildman–Crippen MR) is 126 cm³/mol. The Hall–Kier alpha value is -1.46. The molecule has 0 bridgehead atoms. The van der Waals surface area contributed by atoms with Crippen LogP contribution in [-0.4, -0.2) is 50.0 Å². The number of anilines is 1. The fourth-order valence-corrected chi connectivity index (χ4v) is 4.50. The number of hydrogen-bond donors (Lipinski definition) is 0. The van der Waals surface area contributed by atoms with Crippen LogP contribution in [0.1, 0.15) is 35.2 Å². The maximum atomic E-state index is 11.8. The van der Waals surface area contributed by atoms with Crippen LogP contribution in [0.25, 0.3) is 0 Å². The molecule has 1 heterocycles. The second-order valence-electron chi connectivity index (χ2n) is 7.70. The number of aryl methyl sites for hydroxylation is 1. The van der Waals surface area contributed by atoms with E-state index in [0.29, 0.717) is 23.1 Å². The summed E-state index contributed by atoms with van der Waals surface area (Å²) in [4.78, 5) is 16.6. The Labute approximate surface area is 194 Å². The van der Waals surface area contributed by atoms with E-state index in [9.17, 15) is 4.79 Å². The number of Topliss-reactive ketones (excluding diaryl/α,β-unsaturated/α-hetero) is 1. The Morgan fingerprint density at radius 3 is 2.57 bits per heavy atom. The van der Waals surface area contributed by atoms with E-state index >= 15 is 0 Å². The lowest BCUT2D eigenvalue weighted by Gasteiger charge is -2.36. The second-order valence-corrected chi connectivity index (χ2v) is 8.48. The van der Waals surface area contributed by atoms with Crippen molar-refractivity contribution < 1.29 is 9.53 Å². The van der Waals surface area contributed by atoms with Crippen LogP contribution >= 0.6 is 35.6 Å². The number of halogens is 3. The molecule has 0 amide bonds. The van der Waals surface area contributed by atoms with Crippen molar-refractivity contribution in [1.82, 2.24) is 4.90 Å². The summed E-state index contributed by atoms with van der Waals surface area (Å²) in [6, 6.07) is 11.7. The number of ketones is 1. The van der Waals surface area contributed by atoms with Gasteiger partial charge in [0.2, 0.25) is 0 Å². The van der Waals surface area contributed by atoms with Crippen LogP contribution in [-0.2, 0) is 6.42 Å². The SMILES string of the molecule is Cl.O=C1CCc2ccc(OCCCCN3CCN(c4cccc(Cl)c4Cl)CC3)cc21. The number of rotatable bonds is 7. The number of fused-ring (bicyclic) bond motifs is 1. The highest BCUT2D eigenvalue weighted by Gasteiger charge is 2.20. The molecule has 0 unspecified atom stereocenters. The average Bonchev–Trinajstić information content (AvgIpc) is 3.11. The predicted octanol–water partition coefficient (Wildman–Crippen LogP) is 5.53. The van der Waals surface area contributed by atoms with E-state index in [0.717, 1.165) is 74.6 Å². The first-order valence-electron chi connectivity index (χ1n) is 10.3. The van der Waals surface area contributed by atoms with Crippen molar-refractivity contribution in [2.45, 2.75) is 25.7 Å². The molecule has 0 saturated carbocycles. The van der Waals surface area contributed by atoms with Crippen molar-refractivity contribution in [3.05, 3.63) is 57.6 Å². The Balaban J connectivity index is 0.00000256. The lowest BCUT2D eigenvalue weighted by Crippen LogP contribution is -2.46. The quantitative estimate of drug-likeness (QED) is 0.499. The normalized spacial score (nSPS) is 16.3. The summed E-state index contributed by atoms with van der Waals surface area (Å²) in [7, 11) is 0. The van der Waals surface area contributed by atoms with Crippen molar-refractivity contribution in [3.63, 3.8) is 0 Å². The van der Waals surface area contributed by atoms with E-state index in [1.807, 2.05) is 36.4 Å². The molecule has 0 aromatic heterocycles. The van der Waals surface area contributed by atoms with E-state index < -0.39 is 0 Å². The van der Waals surface area contributed by atoms with Crippen molar-refractivity contribution in [2.75, 3.05) is 44.2 Å². The summed E-state index contributed by atoms with van der Waals surface area (Å²) < 4.78 is 5.86. The summed E-state index contributed by atoms with van der Waals surface area (Å²) in [6.45, 7) is 5.72. The highest BCUT2D eigenvalue weighted by atomic mass is 35.5.